The molecule has 9 heteroatoms. The molecule has 1 heterocycles. The highest BCUT2D eigenvalue weighted by Gasteiger charge is 2.13. The highest BCUT2D eigenvalue weighted by molar-refractivity contribution is 7.80. The standard InChI is InChI=1S/C17H14N6O2S/c18-17(26)20-13-10-19-16(12-6-8-15(9-7-12)23(24)25)21-22(11-13)14-4-2-1-3-5-14/h1-11H,(H3,18,20,26). The number of para-hydroxylation sites is 1. The van der Waals surface area contributed by atoms with Crippen LogP contribution in [0.1, 0.15) is 5.56 Å². The summed E-state index contributed by atoms with van der Waals surface area (Å²) in [5.41, 5.74) is 7.55. The van der Waals surface area contributed by atoms with E-state index in [0.717, 1.165) is 5.69 Å². The SMILES string of the molecule is NC(=S)NC1=CN(c2ccccc2)N=C(c2ccc([N+](=O)[O-])cc2)N=C1. The van der Waals surface area contributed by atoms with E-state index in [1.165, 1.54) is 12.1 Å². The molecular weight excluding hydrogens is 352 g/mol. The molecule has 0 atom stereocenters. The summed E-state index contributed by atoms with van der Waals surface area (Å²) in [5.74, 6) is 0.389. The van der Waals surface area contributed by atoms with Crippen molar-refractivity contribution in [3.05, 3.63) is 82.2 Å². The van der Waals surface area contributed by atoms with Crippen molar-refractivity contribution in [2.45, 2.75) is 0 Å². The molecule has 2 aromatic rings. The largest absolute Gasteiger partial charge is 0.376 e. The van der Waals surface area contributed by atoms with Crippen LogP contribution in [0.3, 0.4) is 0 Å². The summed E-state index contributed by atoms with van der Waals surface area (Å²) in [6.45, 7) is 0. The number of nitrogens with two attached hydrogens (primary N) is 1. The zero-order valence-corrected chi connectivity index (χ0v) is 14.3. The summed E-state index contributed by atoms with van der Waals surface area (Å²) in [6, 6.07) is 15.5. The van der Waals surface area contributed by atoms with Crippen LogP contribution in [0, 0.1) is 10.1 Å². The number of nitrogens with zero attached hydrogens (tertiary/aromatic N) is 4. The number of non-ortho nitro benzene ring substituents is 1. The number of amidine groups is 1. The van der Waals surface area contributed by atoms with Crippen LogP contribution in [0.15, 0.2) is 76.6 Å². The molecule has 0 amide bonds. The maximum atomic E-state index is 10.8. The van der Waals surface area contributed by atoms with Crippen LogP contribution in [0.4, 0.5) is 11.4 Å². The highest BCUT2D eigenvalue weighted by atomic mass is 32.1. The van der Waals surface area contributed by atoms with E-state index in [-0.39, 0.29) is 10.8 Å². The molecule has 3 N–H and O–H groups in total. The summed E-state index contributed by atoms with van der Waals surface area (Å²) in [7, 11) is 0. The first-order valence-electron chi connectivity index (χ1n) is 7.53. The smallest absolute Gasteiger partial charge is 0.269 e. The van der Waals surface area contributed by atoms with Crippen LogP contribution in [0.25, 0.3) is 0 Å². The van der Waals surface area contributed by atoms with Gasteiger partial charge in [-0.25, -0.2) is 10.0 Å². The molecule has 2 aromatic carbocycles. The van der Waals surface area contributed by atoms with E-state index < -0.39 is 4.92 Å². The fraction of sp³-hybridized carbons (Fsp3) is 0. The van der Waals surface area contributed by atoms with Crippen LogP contribution >= 0.6 is 12.2 Å². The van der Waals surface area contributed by atoms with E-state index >= 15 is 0 Å². The van der Waals surface area contributed by atoms with Gasteiger partial charge in [0.05, 0.1) is 28.7 Å². The zero-order chi connectivity index (χ0) is 18.5. The number of benzene rings is 2. The molecule has 0 aliphatic carbocycles. The Morgan fingerprint density at radius 3 is 2.46 bits per heavy atom. The Bertz CT molecular complexity index is 922. The van der Waals surface area contributed by atoms with Crippen LogP contribution in [-0.2, 0) is 0 Å². The quantitative estimate of drug-likeness (QED) is 0.489. The molecule has 130 valence electrons. The normalized spacial score (nSPS) is 13.5. The average Bonchev–Trinajstić information content (AvgIpc) is 2.85. The van der Waals surface area contributed by atoms with Crippen LogP contribution < -0.4 is 16.1 Å². The van der Waals surface area contributed by atoms with Gasteiger partial charge in [-0.2, -0.15) is 0 Å². The number of nitro groups is 1. The predicted octanol–water partition coefficient (Wildman–Crippen LogP) is 2.52. The van der Waals surface area contributed by atoms with Gasteiger partial charge in [0.15, 0.2) is 10.9 Å². The first-order valence-corrected chi connectivity index (χ1v) is 7.94. The third-order valence-corrected chi connectivity index (χ3v) is 3.52. The van der Waals surface area contributed by atoms with Crippen molar-refractivity contribution in [1.82, 2.24) is 5.32 Å². The number of nitro benzene ring substituents is 1. The number of aliphatic imine (C=N–C) groups is 1. The number of nitrogens with one attached hydrogen (secondary N) is 1. The van der Waals surface area contributed by atoms with Crippen LogP contribution in [0.2, 0.25) is 0 Å². The topological polar surface area (TPSA) is 109 Å². The van der Waals surface area contributed by atoms with Gasteiger partial charge < -0.3 is 11.1 Å². The van der Waals surface area contributed by atoms with E-state index in [1.54, 1.807) is 29.6 Å². The molecule has 0 unspecified atom stereocenters. The third kappa shape index (κ3) is 4.08. The van der Waals surface area contributed by atoms with E-state index in [1.807, 2.05) is 30.3 Å². The first kappa shape index (κ1) is 17.2. The number of thiocarbonyl (C=S) groups is 1. The van der Waals surface area contributed by atoms with Crippen molar-refractivity contribution in [1.29, 1.82) is 0 Å². The van der Waals surface area contributed by atoms with Gasteiger partial charge in [-0.05, 0) is 36.5 Å². The second-order valence-electron chi connectivity index (χ2n) is 5.24. The lowest BCUT2D eigenvalue weighted by atomic mass is 10.2. The molecule has 1 aliphatic rings. The van der Waals surface area contributed by atoms with Crippen molar-refractivity contribution < 1.29 is 4.92 Å². The monoisotopic (exact) mass is 366 g/mol. The maximum Gasteiger partial charge on any atom is 0.269 e. The number of hydrogen-bond donors (Lipinski definition) is 2. The van der Waals surface area contributed by atoms with Gasteiger partial charge in [-0.15, -0.1) is 5.10 Å². The first-order chi connectivity index (χ1) is 12.5. The molecule has 0 fully saturated rings. The molecule has 0 bridgehead atoms. The van der Waals surface area contributed by atoms with Gasteiger partial charge in [-0.3, -0.25) is 10.1 Å². The Kier molecular flexibility index (Phi) is 4.99. The van der Waals surface area contributed by atoms with Crippen molar-refractivity contribution in [2.24, 2.45) is 15.8 Å². The van der Waals surface area contributed by atoms with Crippen molar-refractivity contribution in [3.8, 4) is 0 Å². The van der Waals surface area contributed by atoms with Gasteiger partial charge >= 0.3 is 0 Å². The minimum Gasteiger partial charge on any atom is -0.376 e. The molecule has 0 saturated carbocycles. The number of rotatable bonds is 4. The Hall–Kier alpha value is -3.59. The van der Waals surface area contributed by atoms with E-state index in [0.29, 0.717) is 17.1 Å². The Balaban J connectivity index is 2.00. The number of hydrogen-bond acceptors (Lipinski definition) is 6. The third-order valence-electron chi connectivity index (χ3n) is 3.41. The van der Waals surface area contributed by atoms with E-state index in [4.69, 9.17) is 18.0 Å². The molecule has 0 spiro atoms. The molecule has 0 saturated heterocycles. The molecule has 8 nitrogen and oxygen atoms in total. The van der Waals surface area contributed by atoms with E-state index in [2.05, 4.69) is 15.4 Å². The summed E-state index contributed by atoms with van der Waals surface area (Å²) >= 11 is 4.88. The summed E-state index contributed by atoms with van der Waals surface area (Å²) in [6.07, 6.45) is 3.25. The van der Waals surface area contributed by atoms with Gasteiger partial charge in [0, 0.05) is 17.7 Å². The number of hydrazone groups is 1. The van der Waals surface area contributed by atoms with E-state index in [9.17, 15) is 10.1 Å². The fourth-order valence-electron chi connectivity index (χ4n) is 2.24. The molecule has 1 aliphatic heterocycles. The maximum absolute atomic E-state index is 10.8. The number of allylic oxidation sites excluding steroid dienone is 1. The Morgan fingerprint density at radius 2 is 1.85 bits per heavy atom. The van der Waals surface area contributed by atoms with Crippen LogP contribution in [0.5, 0.6) is 0 Å². The van der Waals surface area contributed by atoms with Crippen molar-refractivity contribution in [3.63, 3.8) is 0 Å². The molecule has 3 rings (SSSR count). The Morgan fingerprint density at radius 1 is 1.15 bits per heavy atom. The molecular formula is C17H14N6O2S. The number of anilines is 1. The van der Waals surface area contributed by atoms with Gasteiger partial charge in [0.2, 0.25) is 0 Å². The summed E-state index contributed by atoms with van der Waals surface area (Å²) in [4.78, 5) is 14.7. The lowest BCUT2D eigenvalue weighted by Gasteiger charge is -2.15. The molecule has 0 radical (unpaired) electrons. The van der Waals surface area contributed by atoms with Crippen molar-refractivity contribution >= 4 is 40.8 Å². The van der Waals surface area contributed by atoms with Crippen molar-refractivity contribution in [2.75, 3.05) is 5.01 Å². The average molecular weight is 366 g/mol. The highest BCUT2D eigenvalue weighted by Crippen LogP contribution is 2.19. The van der Waals surface area contributed by atoms with Gasteiger partial charge in [0.1, 0.15) is 0 Å². The minimum atomic E-state index is -0.454. The Labute approximate surface area is 154 Å². The second-order valence-corrected chi connectivity index (χ2v) is 5.68. The summed E-state index contributed by atoms with van der Waals surface area (Å²) in [5, 5.41) is 19.9. The van der Waals surface area contributed by atoms with Crippen LogP contribution in [-0.4, -0.2) is 22.1 Å². The van der Waals surface area contributed by atoms with Gasteiger partial charge in [0.25, 0.3) is 5.69 Å². The van der Waals surface area contributed by atoms with Gasteiger partial charge in [-0.1, -0.05) is 18.2 Å². The molecule has 26 heavy (non-hydrogen) atoms. The summed E-state index contributed by atoms with van der Waals surface area (Å²) < 4.78 is 0. The molecule has 0 aromatic heterocycles. The lowest BCUT2D eigenvalue weighted by molar-refractivity contribution is -0.384. The second kappa shape index (κ2) is 7.53. The zero-order valence-electron chi connectivity index (χ0n) is 13.4. The minimum absolute atomic E-state index is 0.000767. The lowest BCUT2D eigenvalue weighted by Crippen LogP contribution is -2.29. The predicted molar refractivity (Wildman–Crippen MR) is 105 cm³/mol. The fourth-order valence-corrected chi connectivity index (χ4v) is 2.35.